The summed E-state index contributed by atoms with van der Waals surface area (Å²) in [5.41, 5.74) is 5.12. The van der Waals surface area contributed by atoms with Crippen molar-refractivity contribution in [3.63, 3.8) is 0 Å². The van der Waals surface area contributed by atoms with Gasteiger partial charge in [-0.2, -0.15) is 5.10 Å². The van der Waals surface area contributed by atoms with Crippen LogP contribution < -0.4 is 21.0 Å². The number of anilines is 4. The zero-order chi connectivity index (χ0) is 24.0. The van der Waals surface area contributed by atoms with Crippen molar-refractivity contribution < 1.29 is 14.4 Å². The normalized spacial score (nSPS) is 16.5. The van der Waals surface area contributed by atoms with Crippen molar-refractivity contribution >= 4 is 34.7 Å². The molecule has 176 valence electrons. The second-order valence-corrected chi connectivity index (χ2v) is 8.40. The largest absolute Gasteiger partial charge is 0.361 e. The SMILES string of the molecule is CONC(=O)c1nnc(NC(=O)C2CC2)cc1Nc1cccc2c1N(C)[C@@H](C)c1nc(C)nn1-2. The fourth-order valence-corrected chi connectivity index (χ4v) is 4.00. The van der Waals surface area contributed by atoms with E-state index in [1.54, 1.807) is 6.07 Å². The number of para-hydroxylation sites is 1. The molecule has 34 heavy (non-hydrogen) atoms. The highest BCUT2D eigenvalue weighted by molar-refractivity contribution is 6.00. The van der Waals surface area contributed by atoms with Crippen LogP contribution in [0, 0.1) is 12.8 Å². The van der Waals surface area contributed by atoms with E-state index in [1.165, 1.54) is 7.11 Å². The Hall–Kier alpha value is -4.06. The van der Waals surface area contributed by atoms with E-state index in [0.29, 0.717) is 11.5 Å². The Morgan fingerprint density at radius 1 is 1.18 bits per heavy atom. The summed E-state index contributed by atoms with van der Waals surface area (Å²) in [5.74, 6) is 1.13. The predicted molar refractivity (Wildman–Crippen MR) is 124 cm³/mol. The molecule has 12 nitrogen and oxygen atoms in total. The maximum atomic E-state index is 12.6. The van der Waals surface area contributed by atoms with Gasteiger partial charge < -0.3 is 15.5 Å². The van der Waals surface area contributed by atoms with Crippen molar-refractivity contribution in [1.29, 1.82) is 0 Å². The number of carbonyl (C=O) groups excluding carboxylic acids is 2. The summed E-state index contributed by atoms with van der Waals surface area (Å²) in [5, 5.41) is 18.7. The molecule has 1 aromatic carbocycles. The molecule has 0 radical (unpaired) electrons. The molecule has 3 aromatic rings. The molecule has 1 aliphatic heterocycles. The third kappa shape index (κ3) is 3.81. The number of hydrogen-bond donors (Lipinski definition) is 3. The summed E-state index contributed by atoms with van der Waals surface area (Å²) in [6.07, 6.45) is 1.73. The molecule has 0 unspecified atom stereocenters. The van der Waals surface area contributed by atoms with E-state index in [0.717, 1.165) is 35.7 Å². The first-order chi connectivity index (χ1) is 16.4. The highest BCUT2D eigenvalue weighted by Crippen LogP contribution is 2.42. The van der Waals surface area contributed by atoms with Gasteiger partial charge in [0.2, 0.25) is 5.91 Å². The molecule has 12 heteroatoms. The molecular weight excluding hydrogens is 438 g/mol. The number of nitrogens with zero attached hydrogens (tertiary/aromatic N) is 6. The van der Waals surface area contributed by atoms with E-state index < -0.39 is 5.91 Å². The van der Waals surface area contributed by atoms with Gasteiger partial charge in [0.05, 0.1) is 35.9 Å². The zero-order valence-electron chi connectivity index (χ0n) is 19.3. The van der Waals surface area contributed by atoms with Gasteiger partial charge in [-0.3, -0.25) is 14.4 Å². The van der Waals surface area contributed by atoms with Gasteiger partial charge in [-0.1, -0.05) is 6.07 Å². The van der Waals surface area contributed by atoms with Crippen molar-refractivity contribution in [2.75, 3.05) is 29.7 Å². The molecule has 1 fully saturated rings. The van der Waals surface area contributed by atoms with Gasteiger partial charge in [-0.25, -0.2) is 15.1 Å². The van der Waals surface area contributed by atoms with Crippen molar-refractivity contribution in [3.8, 4) is 5.69 Å². The van der Waals surface area contributed by atoms with Gasteiger partial charge >= 0.3 is 0 Å². The fourth-order valence-electron chi connectivity index (χ4n) is 4.00. The van der Waals surface area contributed by atoms with Gasteiger partial charge in [0.25, 0.3) is 5.91 Å². The van der Waals surface area contributed by atoms with Crippen LogP contribution in [0.15, 0.2) is 24.3 Å². The Morgan fingerprint density at radius 3 is 2.71 bits per heavy atom. The van der Waals surface area contributed by atoms with Crippen LogP contribution >= 0.6 is 0 Å². The van der Waals surface area contributed by atoms with Crippen molar-refractivity contribution in [2.45, 2.75) is 32.7 Å². The average Bonchev–Trinajstić information content (AvgIpc) is 3.59. The summed E-state index contributed by atoms with van der Waals surface area (Å²) >= 11 is 0. The number of hydroxylamine groups is 1. The number of rotatable bonds is 6. The molecule has 2 aromatic heterocycles. The van der Waals surface area contributed by atoms with E-state index in [4.69, 9.17) is 4.84 Å². The molecule has 0 spiro atoms. The number of nitrogens with one attached hydrogen (secondary N) is 3. The van der Waals surface area contributed by atoms with E-state index in [1.807, 2.05) is 36.9 Å². The van der Waals surface area contributed by atoms with Crippen molar-refractivity contribution in [2.24, 2.45) is 5.92 Å². The zero-order valence-corrected chi connectivity index (χ0v) is 19.3. The Balaban J connectivity index is 1.56. The van der Waals surface area contributed by atoms with Gasteiger partial charge in [0, 0.05) is 19.0 Å². The Bertz CT molecular complexity index is 1280. The number of hydrogen-bond acceptors (Lipinski definition) is 9. The molecule has 1 aliphatic carbocycles. The first-order valence-corrected chi connectivity index (χ1v) is 11.0. The monoisotopic (exact) mass is 463 g/mol. The van der Waals surface area contributed by atoms with Gasteiger partial charge in [0.15, 0.2) is 17.3 Å². The minimum atomic E-state index is -0.571. The topological polar surface area (TPSA) is 139 Å². The molecule has 1 atom stereocenters. The Kier molecular flexibility index (Phi) is 5.36. The third-order valence-electron chi connectivity index (χ3n) is 5.96. The van der Waals surface area contributed by atoms with Crippen molar-refractivity contribution in [3.05, 3.63) is 41.6 Å². The standard InChI is InChI=1S/C22H25N9O3/c1-11-20-23-12(2)28-31(20)16-7-5-6-14(19(16)30(11)3)24-15-10-17(25-21(32)13-8-9-13)26-27-18(15)22(33)29-34-4/h5-7,10-11,13H,8-9H2,1-4H3,(H,29,33)(H2,24,25,26,32)/t11-/m0/s1. The summed E-state index contributed by atoms with van der Waals surface area (Å²) in [6, 6.07) is 7.32. The van der Waals surface area contributed by atoms with Crippen LogP contribution in [0.4, 0.5) is 22.9 Å². The van der Waals surface area contributed by atoms with Gasteiger partial charge in [-0.15, -0.1) is 10.2 Å². The molecule has 1 saturated carbocycles. The van der Waals surface area contributed by atoms with Crippen molar-refractivity contribution in [1.82, 2.24) is 30.4 Å². The predicted octanol–water partition coefficient (Wildman–Crippen LogP) is 2.26. The quantitative estimate of drug-likeness (QED) is 0.470. The molecule has 0 bridgehead atoms. The van der Waals surface area contributed by atoms with Crippen LogP contribution in [0.1, 0.15) is 47.9 Å². The Morgan fingerprint density at radius 2 is 1.97 bits per heavy atom. The molecule has 3 heterocycles. The second-order valence-electron chi connectivity index (χ2n) is 8.40. The maximum absolute atomic E-state index is 12.6. The lowest BCUT2D eigenvalue weighted by molar-refractivity contribution is -0.117. The fraction of sp³-hybridized carbons (Fsp3) is 0.364. The number of aryl methyl sites for hydroxylation is 1. The third-order valence-corrected chi connectivity index (χ3v) is 5.96. The maximum Gasteiger partial charge on any atom is 0.297 e. The molecule has 2 amide bonds. The molecular formula is C22H25N9O3. The van der Waals surface area contributed by atoms with Crippen LogP contribution in [0.3, 0.4) is 0 Å². The van der Waals surface area contributed by atoms with E-state index in [-0.39, 0.29) is 29.4 Å². The molecule has 3 N–H and O–H groups in total. The molecule has 0 saturated heterocycles. The first kappa shape index (κ1) is 21.8. The first-order valence-electron chi connectivity index (χ1n) is 11.0. The molecule has 5 rings (SSSR count). The summed E-state index contributed by atoms with van der Waals surface area (Å²) in [7, 11) is 3.32. The lowest BCUT2D eigenvalue weighted by Gasteiger charge is -2.34. The van der Waals surface area contributed by atoms with E-state index >= 15 is 0 Å². The summed E-state index contributed by atoms with van der Waals surface area (Å²) < 4.78 is 1.84. The second kappa shape index (κ2) is 8.37. The van der Waals surface area contributed by atoms with Gasteiger partial charge in [-0.05, 0) is 38.8 Å². The highest BCUT2D eigenvalue weighted by Gasteiger charge is 2.32. The van der Waals surface area contributed by atoms with Crippen LogP contribution in [0.25, 0.3) is 5.69 Å². The van der Waals surface area contributed by atoms with Gasteiger partial charge in [0.1, 0.15) is 5.82 Å². The molecule has 2 aliphatic rings. The minimum Gasteiger partial charge on any atom is -0.361 e. The number of fused-ring (bicyclic) bond motifs is 3. The lowest BCUT2D eigenvalue weighted by Crippen LogP contribution is -2.31. The smallest absolute Gasteiger partial charge is 0.297 e. The van der Waals surface area contributed by atoms with Crippen LogP contribution in [0.5, 0.6) is 0 Å². The number of benzene rings is 1. The average molecular weight is 464 g/mol. The highest BCUT2D eigenvalue weighted by atomic mass is 16.6. The van der Waals surface area contributed by atoms with Crippen LogP contribution in [0.2, 0.25) is 0 Å². The Labute approximate surface area is 195 Å². The van der Waals surface area contributed by atoms with Crippen LogP contribution in [-0.4, -0.2) is 50.9 Å². The summed E-state index contributed by atoms with van der Waals surface area (Å²) in [6.45, 7) is 3.91. The minimum absolute atomic E-state index is 0.00582. The van der Waals surface area contributed by atoms with E-state index in [9.17, 15) is 9.59 Å². The lowest BCUT2D eigenvalue weighted by atomic mass is 10.1. The number of amides is 2. The van der Waals surface area contributed by atoms with Crippen LogP contribution in [-0.2, 0) is 9.63 Å². The van der Waals surface area contributed by atoms with E-state index in [2.05, 4.69) is 48.2 Å². The summed E-state index contributed by atoms with van der Waals surface area (Å²) in [4.78, 5) is 36.3. The number of aromatic nitrogens is 5. The number of carbonyl (C=O) groups is 2.